The molecule has 5 rings (SSSR count). The van der Waals surface area contributed by atoms with Crippen LogP contribution in [-0.4, -0.2) is 43.4 Å². The lowest BCUT2D eigenvalue weighted by molar-refractivity contribution is 0.343. The Balaban J connectivity index is 1.73. The average molecular weight is 454 g/mol. The standard InChI is InChI=1S/C22H21BrFN5/c1-14-9-10-25-22-26-21(20-17(24)6-4-8-19(20)29(14)22)28-12-11-27(2)13-15-16(23)5-3-7-18(15)28/h3-9H,10-13H2,1-2H3. The van der Waals surface area contributed by atoms with Crippen LogP contribution in [0.2, 0.25) is 0 Å². The molecule has 0 spiro atoms. The number of hydrogen-bond donors (Lipinski definition) is 0. The molecule has 0 saturated heterocycles. The number of benzene rings is 2. The minimum atomic E-state index is -0.271. The van der Waals surface area contributed by atoms with Gasteiger partial charge in [0, 0.05) is 41.1 Å². The van der Waals surface area contributed by atoms with Crippen LogP contribution in [0.25, 0.3) is 0 Å². The third-order valence-corrected chi connectivity index (χ3v) is 6.35. The lowest BCUT2D eigenvalue weighted by Gasteiger charge is -2.36. The van der Waals surface area contributed by atoms with Crippen molar-refractivity contribution in [3.05, 3.63) is 69.6 Å². The second-order valence-electron chi connectivity index (χ2n) is 7.52. The van der Waals surface area contributed by atoms with E-state index in [1.165, 1.54) is 11.6 Å². The van der Waals surface area contributed by atoms with Gasteiger partial charge in [-0.3, -0.25) is 4.90 Å². The van der Waals surface area contributed by atoms with Crippen molar-refractivity contribution in [3.8, 4) is 0 Å². The first-order chi connectivity index (χ1) is 14.0. The molecule has 7 heteroatoms. The van der Waals surface area contributed by atoms with Gasteiger partial charge in [-0.1, -0.05) is 28.1 Å². The molecule has 0 N–H and O–H groups in total. The molecule has 3 heterocycles. The van der Waals surface area contributed by atoms with Crippen molar-refractivity contribution in [2.45, 2.75) is 13.5 Å². The van der Waals surface area contributed by atoms with Gasteiger partial charge in [0.15, 0.2) is 0 Å². The van der Waals surface area contributed by atoms with Crippen molar-refractivity contribution < 1.29 is 4.39 Å². The number of nitrogens with zero attached hydrogens (tertiary/aromatic N) is 5. The van der Waals surface area contributed by atoms with Gasteiger partial charge in [0.05, 0.1) is 17.8 Å². The van der Waals surface area contributed by atoms with E-state index in [0.717, 1.165) is 34.6 Å². The number of guanidine groups is 1. The van der Waals surface area contributed by atoms with E-state index in [0.29, 0.717) is 30.4 Å². The molecule has 3 aliphatic heterocycles. The highest BCUT2D eigenvalue weighted by molar-refractivity contribution is 9.10. The number of likely N-dealkylation sites (N-methyl/N-ethyl adjacent to an activating group) is 1. The van der Waals surface area contributed by atoms with E-state index in [9.17, 15) is 0 Å². The summed E-state index contributed by atoms with van der Waals surface area (Å²) in [5, 5.41) is 0. The summed E-state index contributed by atoms with van der Waals surface area (Å²) < 4.78 is 16.2. The van der Waals surface area contributed by atoms with E-state index in [1.54, 1.807) is 6.07 Å². The van der Waals surface area contributed by atoms with Crippen LogP contribution < -0.4 is 9.80 Å². The van der Waals surface area contributed by atoms with Crippen molar-refractivity contribution in [1.29, 1.82) is 0 Å². The van der Waals surface area contributed by atoms with Crippen LogP contribution in [0.4, 0.5) is 15.8 Å². The van der Waals surface area contributed by atoms with E-state index in [1.807, 2.05) is 30.0 Å². The first kappa shape index (κ1) is 18.5. The summed E-state index contributed by atoms with van der Waals surface area (Å²) in [6.07, 6.45) is 2.03. The Bertz CT molecular complexity index is 1090. The highest BCUT2D eigenvalue weighted by Crippen LogP contribution is 2.37. The first-order valence-corrected chi connectivity index (χ1v) is 10.5. The maximum absolute atomic E-state index is 15.2. The number of anilines is 2. The number of halogens is 2. The van der Waals surface area contributed by atoms with Gasteiger partial charge < -0.3 is 9.80 Å². The minimum Gasteiger partial charge on any atom is -0.324 e. The Morgan fingerprint density at radius 2 is 1.86 bits per heavy atom. The van der Waals surface area contributed by atoms with Crippen LogP contribution in [0.15, 0.2) is 62.6 Å². The van der Waals surface area contributed by atoms with Gasteiger partial charge in [-0.2, -0.15) is 4.99 Å². The predicted molar refractivity (Wildman–Crippen MR) is 119 cm³/mol. The Kier molecular flexibility index (Phi) is 4.52. The highest BCUT2D eigenvalue weighted by atomic mass is 79.9. The summed E-state index contributed by atoms with van der Waals surface area (Å²) in [6.45, 7) is 4.98. The van der Waals surface area contributed by atoms with E-state index < -0.39 is 0 Å². The topological polar surface area (TPSA) is 34.4 Å². The first-order valence-electron chi connectivity index (χ1n) is 9.67. The molecule has 148 valence electrons. The number of fused-ring (bicyclic) bond motifs is 4. The molecule has 0 fully saturated rings. The number of allylic oxidation sites excluding steroid dienone is 1. The molecule has 5 nitrogen and oxygen atoms in total. The number of aliphatic imine (C=N–C) groups is 2. The second kappa shape index (κ2) is 7.07. The van der Waals surface area contributed by atoms with Gasteiger partial charge in [-0.15, -0.1) is 0 Å². The maximum atomic E-state index is 15.2. The SMILES string of the molecule is CC1=CCN=C2N=C(N3CCN(C)Cc4c(Br)cccc43)c3c(F)cccc3N12. The minimum absolute atomic E-state index is 0.271. The molecule has 0 unspecified atom stereocenters. The highest BCUT2D eigenvalue weighted by Gasteiger charge is 2.34. The van der Waals surface area contributed by atoms with E-state index in [2.05, 4.69) is 49.9 Å². The van der Waals surface area contributed by atoms with Crippen LogP contribution in [0.1, 0.15) is 18.1 Å². The van der Waals surface area contributed by atoms with Crippen molar-refractivity contribution >= 4 is 39.1 Å². The maximum Gasteiger partial charge on any atom is 0.231 e. The van der Waals surface area contributed by atoms with Gasteiger partial charge in [-0.25, -0.2) is 9.38 Å². The quantitative estimate of drug-likeness (QED) is 0.593. The monoisotopic (exact) mass is 453 g/mol. The van der Waals surface area contributed by atoms with Crippen LogP contribution in [0, 0.1) is 5.82 Å². The summed E-state index contributed by atoms with van der Waals surface area (Å²) in [4.78, 5) is 15.8. The molecule has 0 radical (unpaired) electrons. The van der Waals surface area contributed by atoms with Gasteiger partial charge in [0.1, 0.15) is 11.7 Å². The Labute approximate surface area is 178 Å². The van der Waals surface area contributed by atoms with Gasteiger partial charge in [-0.05, 0) is 44.3 Å². The third-order valence-electron chi connectivity index (χ3n) is 5.61. The van der Waals surface area contributed by atoms with Crippen molar-refractivity contribution in [1.82, 2.24) is 4.90 Å². The molecule has 2 aromatic rings. The zero-order valence-corrected chi connectivity index (χ0v) is 17.9. The van der Waals surface area contributed by atoms with Crippen LogP contribution in [0.3, 0.4) is 0 Å². The summed E-state index contributed by atoms with van der Waals surface area (Å²) in [5.74, 6) is 0.970. The van der Waals surface area contributed by atoms with Crippen molar-refractivity contribution in [2.75, 3.05) is 36.5 Å². The lowest BCUT2D eigenvalue weighted by atomic mass is 10.0. The largest absolute Gasteiger partial charge is 0.324 e. The predicted octanol–water partition coefficient (Wildman–Crippen LogP) is 4.38. The molecule has 0 amide bonds. The smallest absolute Gasteiger partial charge is 0.231 e. The van der Waals surface area contributed by atoms with Crippen LogP contribution in [0.5, 0.6) is 0 Å². The normalized spacial score (nSPS) is 18.8. The summed E-state index contributed by atoms with van der Waals surface area (Å²) >= 11 is 3.70. The number of hydrogen-bond acceptors (Lipinski definition) is 5. The van der Waals surface area contributed by atoms with Gasteiger partial charge in [0.2, 0.25) is 5.96 Å². The lowest BCUT2D eigenvalue weighted by Crippen LogP contribution is -2.43. The van der Waals surface area contributed by atoms with Crippen molar-refractivity contribution in [3.63, 3.8) is 0 Å². The zero-order valence-electron chi connectivity index (χ0n) is 16.4. The fourth-order valence-corrected chi connectivity index (χ4v) is 4.63. The Morgan fingerprint density at radius 3 is 2.72 bits per heavy atom. The number of amidine groups is 1. The van der Waals surface area contributed by atoms with Gasteiger partial charge >= 0.3 is 0 Å². The molecule has 0 saturated carbocycles. The van der Waals surface area contributed by atoms with E-state index in [-0.39, 0.29) is 5.82 Å². The van der Waals surface area contributed by atoms with Crippen molar-refractivity contribution in [2.24, 2.45) is 9.98 Å². The van der Waals surface area contributed by atoms with E-state index in [4.69, 9.17) is 4.99 Å². The molecular weight excluding hydrogens is 433 g/mol. The molecule has 0 aromatic heterocycles. The Morgan fingerprint density at radius 1 is 1.07 bits per heavy atom. The van der Waals surface area contributed by atoms with Crippen LogP contribution >= 0.6 is 15.9 Å². The summed E-state index contributed by atoms with van der Waals surface area (Å²) in [7, 11) is 2.10. The molecule has 2 aromatic carbocycles. The Hall–Kier alpha value is -2.51. The molecule has 0 atom stereocenters. The fraction of sp³-hybridized carbons (Fsp3) is 0.273. The second-order valence-corrected chi connectivity index (χ2v) is 8.37. The fourth-order valence-electron chi connectivity index (χ4n) is 4.15. The molecule has 0 bridgehead atoms. The number of rotatable bonds is 0. The molecule has 3 aliphatic rings. The molecule has 29 heavy (non-hydrogen) atoms. The third kappa shape index (κ3) is 3.00. The van der Waals surface area contributed by atoms with Gasteiger partial charge in [0.25, 0.3) is 0 Å². The molecular formula is C22H21BrFN5. The van der Waals surface area contributed by atoms with E-state index >= 15 is 4.39 Å². The summed E-state index contributed by atoms with van der Waals surface area (Å²) in [6, 6.07) is 11.3. The summed E-state index contributed by atoms with van der Waals surface area (Å²) in [5.41, 5.74) is 4.56. The van der Waals surface area contributed by atoms with Crippen LogP contribution in [-0.2, 0) is 6.54 Å². The molecule has 0 aliphatic carbocycles. The zero-order chi connectivity index (χ0) is 20.1. The average Bonchev–Trinajstić information content (AvgIpc) is 2.87.